The summed E-state index contributed by atoms with van der Waals surface area (Å²) in [5.74, 6) is 0.578. The lowest BCUT2D eigenvalue weighted by Gasteiger charge is -2.18. The van der Waals surface area contributed by atoms with Gasteiger partial charge in [0.25, 0.3) is 5.91 Å². The highest BCUT2D eigenvalue weighted by molar-refractivity contribution is 6.03. The van der Waals surface area contributed by atoms with Crippen LogP contribution in [0.3, 0.4) is 0 Å². The molecule has 1 N–H and O–H groups in total. The van der Waals surface area contributed by atoms with Gasteiger partial charge in [-0.3, -0.25) is 4.79 Å². The molecule has 1 aromatic carbocycles. The van der Waals surface area contributed by atoms with E-state index in [-0.39, 0.29) is 11.8 Å². The highest BCUT2D eigenvalue weighted by Gasteiger charge is 2.20. The third kappa shape index (κ3) is 3.94. The minimum absolute atomic E-state index is 0.214. The summed E-state index contributed by atoms with van der Waals surface area (Å²) in [6, 6.07) is 10.6. The van der Waals surface area contributed by atoms with E-state index in [1.807, 2.05) is 0 Å². The van der Waals surface area contributed by atoms with Crippen LogP contribution in [0.2, 0.25) is 0 Å². The highest BCUT2D eigenvalue weighted by atomic mass is 16.1. The molecule has 1 aromatic heterocycles. The summed E-state index contributed by atoms with van der Waals surface area (Å²) in [5, 5.41) is 11.7. The fourth-order valence-electron chi connectivity index (χ4n) is 2.75. The Morgan fingerprint density at radius 3 is 2.48 bits per heavy atom. The van der Waals surface area contributed by atoms with Crippen LogP contribution in [0.15, 0.2) is 30.3 Å². The molecule has 6 nitrogen and oxygen atoms in total. The van der Waals surface area contributed by atoms with E-state index >= 15 is 0 Å². The molecule has 1 aliphatic heterocycles. The van der Waals surface area contributed by atoms with E-state index in [9.17, 15) is 4.79 Å². The second kappa shape index (κ2) is 7.31. The summed E-state index contributed by atoms with van der Waals surface area (Å²) in [6.45, 7) is 5.97. The van der Waals surface area contributed by atoms with Gasteiger partial charge in [0, 0.05) is 24.5 Å². The zero-order valence-electron chi connectivity index (χ0n) is 14.5. The molecule has 0 unspecified atom stereocenters. The van der Waals surface area contributed by atoms with Crippen molar-refractivity contribution in [2.75, 3.05) is 23.3 Å². The Hall–Kier alpha value is -2.94. The van der Waals surface area contributed by atoms with Gasteiger partial charge in [-0.1, -0.05) is 13.8 Å². The van der Waals surface area contributed by atoms with Gasteiger partial charge in [-0.05, 0) is 49.1 Å². The minimum atomic E-state index is -0.269. The molecule has 0 saturated carbocycles. The number of hydrogen-bond donors (Lipinski definition) is 1. The summed E-state index contributed by atoms with van der Waals surface area (Å²) in [7, 11) is 0. The molecule has 0 atom stereocenters. The largest absolute Gasteiger partial charge is 0.341 e. The first-order chi connectivity index (χ1) is 12.1. The Kier molecular flexibility index (Phi) is 4.94. The van der Waals surface area contributed by atoms with Crippen LogP contribution >= 0.6 is 0 Å². The van der Waals surface area contributed by atoms with Crippen molar-refractivity contribution in [2.24, 2.45) is 0 Å². The van der Waals surface area contributed by atoms with Crippen molar-refractivity contribution >= 4 is 17.5 Å². The molecule has 1 aliphatic rings. The summed E-state index contributed by atoms with van der Waals surface area (Å²) in [4.78, 5) is 23.9. The van der Waals surface area contributed by atoms with Crippen molar-refractivity contribution in [3.8, 4) is 6.07 Å². The predicted octanol–water partition coefficient (Wildman–Crippen LogP) is 3.32. The first-order valence-electron chi connectivity index (χ1n) is 8.52. The van der Waals surface area contributed by atoms with E-state index in [4.69, 9.17) is 5.26 Å². The van der Waals surface area contributed by atoms with Crippen LogP contribution < -0.4 is 10.2 Å². The van der Waals surface area contributed by atoms with Crippen LogP contribution in [-0.4, -0.2) is 29.0 Å². The predicted molar refractivity (Wildman–Crippen MR) is 96.7 cm³/mol. The number of nitrogens with one attached hydrogen (secondary N) is 1. The Morgan fingerprint density at radius 1 is 1.20 bits per heavy atom. The van der Waals surface area contributed by atoms with Crippen molar-refractivity contribution in [1.82, 2.24) is 9.97 Å². The molecule has 3 rings (SSSR count). The van der Waals surface area contributed by atoms with Crippen LogP contribution in [0, 0.1) is 11.3 Å². The van der Waals surface area contributed by atoms with E-state index in [1.54, 1.807) is 30.3 Å². The van der Waals surface area contributed by atoms with Gasteiger partial charge in [-0.15, -0.1) is 0 Å². The van der Waals surface area contributed by atoms with Crippen LogP contribution in [-0.2, 0) is 0 Å². The Balaban J connectivity index is 1.86. The third-order valence-electron chi connectivity index (χ3n) is 4.22. The molecule has 2 heterocycles. The second-order valence-corrected chi connectivity index (χ2v) is 6.47. The van der Waals surface area contributed by atoms with Crippen molar-refractivity contribution in [3.63, 3.8) is 0 Å². The average molecular weight is 335 g/mol. The molecule has 2 aromatic rings. The Labute approximate surface area is 147 Å². The highest BCUT2D eigenvalue weighted by Crippen LogP contribution is 2.21. The fraction of sp³-hybridized carbons (Fsp3) is 0.368. The van der Waals surface area contributed by atoms with Gasteiger partial charge in [0.05, 0.1) is 11.6 Å². The maximum atomic E-state index is 12.6. The number of aromatic nitrogens is 2. The zero-order valence-corrected chi connectivity index (χ0v) is 14.5. The van der Waals surface area contributed by atoms with Crippen molar-refractivity contribution < 1.29 is 4.79 Å². The summed E-state index contributed by atoms with van der Waals surface area (Å²) < 4.78 is 0. The summed E-state index contributed by atoms with van der Waals surface area (Å²) in [6.07, 6.45) is 2.25. The molecular weight excluding hydrogens is 314 g/mol. The van der Waals surface area contributed by atoms with Crippen LogP contribution in [0.25, 0.3) is 0 Å². The third-order valence-corrected chi connectivity index (χ3v) is 4.22. The molecular formula is C19H21N5O. The van der Waals surface area contributed by atoms with E-state index in [0.29, 0.717) is 22.9 Å². The minimum Gasteiger partial charge on any atom is -0.341 e. The Bertz CT molecular complexity index is 802. The summed E-state index contributed by atoms with van der Waals surface area (Å²) in [5.41, 5.74) is 2.42. The lowest BCUT2D eigenvalue weighted by atomic mass is 10.1. The number of anilines is 2. The number of benzene rings is 1. The van der Waals surface area contributed by atoms with Gasteiger partial charge in [-0.2, -0.15) is 5.26 Å². The molecule has 1 fully saturated rings. The van der Waals surface area contributed by atoms with E-state index in [1.165, 1.54) is 0 Å². The lowest BCUT2D eigenvalue weighted by Crippen LogP contribution is -2.23. The van der Waals surface area contributed by atoms with E-state index < -0.39 is 0 Å². The first kappa shape index (κ1) is 16.9. The number of hydrogen-bond acceptors (Lipinski definition) is 5. The van der Waals surface area contributed by atoms with Crippen molar-refractivity contribution in [2.45, 2.75) is 32.6 Å². The zero-order chi connectivity index (χ0) is 17.8. The molecule has 0 spiro atoms. The van der Waals surface area contributed by atoms with Gasteiger partial charge >= 0.3 is 0 Å². The molecule has 1 amide bonds. The number of nitrogens with zero attached hydrogens (tertiary/aromatic N) is 4. The van der Waals surface area contributed by atoms with Crippen molar-refractivity contribution in [3.05, 3.63) is 47.3 Å². The van der Waals surface area contributed by atoms with Crippen LogP contribution in [0.4, 0.5) is 11.6 Å². The van der Waals surface area contributed by atoms with E-state index in [0.717, 1.165) is 31.6 Å². The SMILES string of the molecule is CC(C)c1cc(C(=O)Nc2ccc(C#N)cc2)nc(N2CCCC2)n1. The topological polar surface area (TPSA) is 81.9 Å². The number of carbonyl (C=O) groups excluding carboxylic acids is 1. The van der Waals surface area contributed by atoms with Crippen LogP contribution in [0.5, 0.6) is 0 Å². The normalized spacial score (nSPS) is 13.8. The van der Waals surface area contributed by atoms with Gasteiger partial charge in [0.1, 0.15) is 5.69 Å². The maximum Gasteiger partial charge on any atom is 0.274 e. The average Bonchev–Trinajstić information content (AvgIpc) is 3.16. The van der Waals surface area contributed by atoms with E-state index in [2.05, 4.69) is 40.1 Å². The summed E-state index contributed by atoms with van der Waals surface area (Å²) >= 11 is 0. The number of carbonyl (C=O) groups is 1. The molecule has 6 heteroatoms. The smallest absolute Gasteiger partial charge is 0.274 e. The molecule has 1 saturated heterocycles. The quantitative estimate of drug-likeness (QED) is 0.927. The fourth-order valence-corrected chi connectivity index (χ4v) is 2.75. The van der Waals surface area contributed by atoms with Gasteiger partial charge in [0.15, 0.2) is 0 Å². The number of amides is 1. The molecule has 0 bridgehead atoms. The standard InChI is InChI=1S/C19H21N5O/c1-13(2)16-11-17(23-19(22-16)24-9-3-4-10-24)18(25)21-15-7-5-14(12-20)6-8-15/h5-8,11,13H,3-4,9-10H2,1-2H3,(H,21,25). The molecule has 128 valence electrons. The van der Waals surface area contributed by atoms with Crippen molar-refractivity contribution in [1.29, 1.82) is 5.26 Å². The Morgan fingerprint density at radius 2 is 1.88 bits per heavy atom. The number of nitriles is 1. The number of rotatable bonds is 4. The molecule has 25 heavy (non-hydrogen) atoms. The van der Waals surface area contributed by atoms with Gasteiger partial charge in [0.2, 0.25) is 5.95 Å². The molecule has 0 aliphatic carbocycles. The lowest BCUT2D eigenvalue weighted by molar-refractivity contribution is 0.102. The first-order valence-corrected chi connectivity index (χ1v) is 8.52. The van der Waals surface area contributed by atoms with Crippen LogP contribution in [0.1, 0.15) is 54.4 Å². The van der Waals surface area contributed by atoms with Gasteiger partial charge < -0.3 is 10.2 Å². The second-order valence-electron chi connectivity index (χ2n) is 6.47. The molecule has 0 radical (unpaired) electrons. The maximum absolute atomic E-state index is 12.6. The monoisotopic (exact) mass is 335 g/mol. The van der Waals surface area contributed by atoms with Gasteiger partial charge in [-0.25, -0.2) is 9.97 Å².